The van der Waals surface area contributed by atoms with Crippen LogP contribution in [0.2, 0.25) is 0 Å². The lowest BCUT2D eigenvalue weighted by molar-refractivity contribution is -0.384. The molecule has 0 heterocycles. The molecule has 1 aromatic carbocycles. The van der Waals surface area contributed by atoms with Crippen LogP contribution in [0, 0.1) is 27.4 Å². The molecule has 4 aliphatic rings. The van der Waals surface area contributed by atoms with Gasteiger partial charge in [-0.3, -0.25) is 24.5 Å². The van der Waals surface area contributed by atoms with E-state index in [9.17, 15) is 37.7 Å². The van der Waals surface area contributed by atoms with Crippen molar-refractivity contribution in [3.05, 3.63) is 33.9 Å². The van der Waals surface area contributed by atoms with E-state index in [0.29, 0.717) is 31.4 Å². The van der Waals surface area contributed by atoms with Crippen LogP contribution in [0.15, 0.2) is 18.2 Å². The number of carbonyl (C=O) groups is 3. The minimum atomic E-state index is -4.78. The van der Waals surface area contributed by atoms with E-state index in [1.54, 1.807) is 0 Å². The highest BCUT2D eigenvalue weighted by atomic mass is 19.4. The Balaban J connectivity index is 1.42. The van der Waals surface area contributed by atoms with E-state index >= 15 is 0 Å². The van der Waals surface area contributed by atoms with Crippen LogP contribution in [0.25, 0.3) is 0 Å². The fourth-order valence-electron chi connectivity index (χ4n) is 6.46. The molecule has 9 nitrogen and oxygen atoms in total. The maximum absolute atomic E-state index is 13.1. The zero-order valence-electron chi connectivity index (χ0n) is 18.4. The second kappa shape index (κ2) is 8.24. The van der Waals surface area contributed by atoms with E-state index in [0.717, 1.165) is 25.3 Å². The molecule has 4 atom stereocenters. The number of nitrogens with zero attached hydrogens (tertiary/aromatic N) is 1. The second-order valence-corrected chi connectivity index (χ2v) is 9.81. The lowest BCUT2D eigenvalue weighted by atomic mass is 9.47. The molecule has 2 unspecified atom stereocenters. The lowest BCUT2D eigenvalue weighted by Crippen LogP contribution is -2.64. The highest BCUT2D eigenvalue weighted by Gasteiger charge is 2.61. The number of hydrogen-bond acceptors (Lipinski definition) is 6. The SMILES string of the molecule is CC(=O)NC12C[C@H]3C[C@@H](C1)CC(C(=O)OCC(=O)Nc1ccc(C(F)(F)F)cc1[N+](=O)[O-])(C3)C2. The summed E-state index contributed by atoms with van der Waals surface area (Å²) in [6.45, 7) is 0.704. The molecule has 34 heavy (non-hydrogen) atoms. The van der Waals surface area contributed by atoms with Crippen LogP contribution < -0.4 is 10.6 Å². The van der Waals surface area contributed by atoms with Crippen molar-refractivity contribution in [1.82, 2.24) is 5.32 Å². The molecule has 4 fully saturated rings. The number of nitrogens with one attached hydrogen (secondary N) is 2. The van der Waals surface area contributed by atoms with Gasteiger partial charge < -0.3 is 15.4 Å². The van der Waals surface area contributed by atoms with Gasteiger partial charge in [0.1, 0.15) is 5.69 Å². The summed E-state index contributed by atoms with van der Waals surface area (Å²) < 4.78 is 43.8. The number of alkyl halides is 3. The molecule has 2 amide bonds. The van der Waals surface area contributed by atoms with E-state index in [1.807, 2.05) is 0 Å². The van der Waals surface area contributed by atoms with Crippen molar-refractivity contribution in [1.29, 1.82) is 0 Å². The number of anilines is 1. The third kappa shape index (κ3) is 4.58. The highest BCUT2D eigenvalue weighted by Crippen LogP contribution is 2.62. The summed E-state index contributed by atoms with van der Waals surface area (Å²) in [5.74, 6) is -1.09. The fourth-order valence-corrected chi connectivity index (χ4v) is 6.46. The van der Waals surface area contributed by atoms with Crippen LogP contribution in [-0.4, -0.2) is 34.9 Å². The maximum Gasteiger partial charge on any atom is 0.416 e. The number of ether oxygens (including phenoxy) is 1. The van der Waals surface area contributed by atoms with Crippen molar-refractivity contribution in [2.75, 3.05) is 11.9 Å². The molecule has 0 aliphatic heterocycles. The molecule has 4 saturated carbocycles. The molecule has 1 aromatic rings. The van der Waals surface area contributed by atoms with Crippen LogP contribution in [0.5, 0.6) is 0 Å². The zero-order chi connectivity index (χ0) is 24.9. The van der Waals surface area contributed by atoms with Crippen LogP contribution in [0.3, 0.4) is 0 Å². The number of esters is 1. The van der Waals surface area contributed by atoms with Gasteiger partial charge in [-0.1, -0.05) is 0 Å². The topological polar surface area (TPSA) is 128 Å². The van der Waals surface area contributed by atoms with Crippen molar-refractivity contribution >= 4 is 29.2 Å². The van der Waals surface area contributed by atoms with Crippen molar-refractivity contribution in [3.8, 4) is 0 Å². The van der Waals surface area contributed by atoms with Gasteiger partial charge >= 0.3 is 12.1 Å². The first-order valence-electron chi connectivity index (χ1n) is 10.9. The molecular weight excluding hydrogens is 459 g/mol. The molecule has 0 spiro atoms. The van der Waals surface area contributed by atoms with Crippen molar-refractivity contribution < 1.29 is 37.2 Å². The van der Waals surface area contributed by atoms with Crippen LogP contribution in [-0.2, 0) is 25.3 Å². The Kier molecular flexibility index (Phi) is 5.81. The number of rotatable bonds is 6. The Morgan fingerprint density at radius 3 is 2.38 bits per heavy atom. The molecule has 4 aliphatic carbocycles. The van der Waals surface area contributed by atoms with E-state index < -0.39 is 57.5 Å². The molecule has 0 saturated heterocycles. The van der Waals surface area contributed by atoms with Gasteiger partial charge in [-0.05, 0) is 62.5 Å². The molecule has 0 radical (unpaired) electrons. The van der Waals surface area contributed by atoms with E-state index in [2.05, 4.69) is 10.6 Å². The largest absolute Gasteiger partial charge is 0.455 e. The summed E-state index contributed by atoms with van der Waals surface area (Å²) in [5, 5.41) is 16.4. The van der Waals surface area contributed by atoms with Gasteiger partial charge in [0.2, 0.25) is 5.91 Å². The number of amides is 2. The van der Waals surface area contributed by atoms with E-state index in [-0.39, 0.29) is 17.7 Å². The molecular formula is C22H24F3N3O6. The van der Waals surface area contributed by atoms with Gasteiger partial charge in [0.15, 0.2) is 6.61 Å². The molecule has 2 N–H and O–H groups in total. The fraction of sp³-hybridized carbons (Fsp3) is 0.591. The van der Waals surface area contributed by atoms with Gasteiger partial charge in [-0.15, -0.1) is 0 Å². The van der Waals surface area contributed by atoms with Crippen LogP contribution >= 0.6 is 0 Å². The smallest absolute Gasteiger partial charge is 0.416 e. The van der Waals surface area contributed by atoms with Gasteiger partial charge in [-0.2, -0.15) is 13.2 Å². The Morgan fingerprint density at radius 2 is 1.82 bits per heavy atom. The summed E-state index contributed by atoms with van der Waals surface area (Å²) in [6, 6.07) is 1.74. The van der Waals surface area contributed by atoms with Gasteiger partial charge in [0, 0.05) is 18.5 Å². The minimum absolute atomic E-state index is 0.164. The van der Waals surface area contributed by atoms with E-state index in [4.69, 9.17) is 4.74 Å². The van der Waals surface area contributed by atoms with E-state index in [1.165, 1.54) is 6.92 Å². The predicted molar refractivity (Wildman–Crippen MR) is 111 cm³/mol. The van der Waals surface area contributed by atoms with Gasteiger partial charge in [-0.25, -0.2) is 0 Å². The summed E-state index contributed by atoms with van der Waals surface area (Å²) in [4.78, 5) is 47.3. The predicted octanol–water partition coefficient (Wildman–Crippen LogP) is 3.57. The van der Waals surface area contributed by atoms with Crippen LogP contribution in [0.1, 0.15) is 51.0 Å². The molecule has 5 rings (SSSR count). The number of nitro benzene ring substituents is 1. The maximum atomic E-state index is 13.1. The Bertz CT molecular complexity index is 1040. The molecule has 0 aromatic heterocycles. The number of hydrogen-bond donors (Lipinski definition) is 2. The third-order valence-corrected chi connectivity index (χ3v) is 7.07. The molecule has 12 heteroatoms. The summed E-state index contributed by atoms with van der Waals surface area (Å²) in [5.41, 5.74) is -3.85. The summed E-state index contributed by atoms with van der Waals surface area (Å²) in [7, 11) is 0. The zero-order valence-corrected chi connectivity index (χ0v) is 18.4. The van der Waals surface area contributed by atoms with Crippen molar-refractivity contribution in [3.63, 3.8) is 0 Å². The number of benzene rings is 1. The normalized spacial score (nSPS) is 29.4. The Morgan fingerprint density at radius 1 is 1.18 bits per heavy atom. The Hall–Kier alpha value is -3.18. The minimum Gasteiger partial charge on any atom is -0.455 e. The average Bonchev–Trinajstić information content (AvgIpc) is 2.69. The van der Waals surface area contributed by atoms with Gasteiger partial charge in [0.25, 0.3) is 11.6 Å². The van der Waals surface area contributed by atoms with Crippen LogP contribution in [0.4, 0.5) is 24.5 Å². The molecule has 4 bridgehead atoms. The standard InChI is InChI=1S/C22H24F3N3O6/c1-12(29)27-21-8-13-4-14(9-21)7-20(6-13,11-21)19(31)34-10-18(30)26-16-3-2-15(22(23,24)25)5-17(16)28(32)33/h2-3,5,13-14H,4,6-11H2,1H3,(H,26,30)(H,27,29)/t13-,14+,20?,21?. The average molecular weight is 483 g/mol. The molecule has 184 valence electrons. The van der Waals surface area contributed by atoms with Crippen molar-refractivity contribution in [2.24, 2.45) is 17.3 Å². The number of nitro groups is 1. The monoisotopic (exact) mass is 483 g/mol. The second-order valence-electron chi connectivity index (χ2n) is 9.81. The third-order valence-electron chi connectivity index (χ3n) is 7.07. The van der Waals surface area contributed by atoms with Gasteiger partial charge in [0.05, 0.1) is 15.9 Å². The first-order valence-corrected chi connectivity index (χ1v) is 10.9. The summed E-state index contributed by atoms with van der Waals surface area (Å²) >= 11 is 0. The Labute approximate surface area is 192 Å². The first kappa shape index (κ1) is 24.0. The summed E-state index contributed by atoms with van der Waals surface area (Å²) in [6.07, 6.45) is -0.557. The highest BCUT2D eigenvalue weighted by molar-refractivity contribution is 5.95. The lowest BCUT2D eigenvalue weighted by Gasteiger charge is -2.60. The first-order chi connectivity index (χ1) is 15.8. The van der Waals surface area contributed by atoms with Crippen molar-refractivity contribution in [2.45, 2.75) is 57.2 Å². The number of halogens is 3. The quantitative estimate of drug-likeness (QED) is 0.362. The number of carbonyl (C=O) groups excluding carboxylic acids is 3.